The summed E-state index contributed by atoms with van der Waals surface area (Å²) in [5, 5.41) is 1.67. The summed E-state index contributed by atoms with van der Waals surface area (Å²) in [6.07, 6.45) is 1.90. The van der Waals surface area contributed by atoms with Crippen LogP contribution in [0.25, 0.3) is 0 Å². The summed E-state index contributed by atoms with van der Waals surface area (Å²) >= 11 is 0. The third kappa shape index (κ3) is 5.62. The van der Waals surface area contributed by atoms with E-state index in [2.05, 4.69) is 6.58 Å². The monoisotopic (exact) mass is 190 g/mol. The minimum atomic E-state index is -0.644. The molecule has 41 valence electrons. The molecule has 0 rings (SSSR count). The number of nitrogens with one attached hydrogen (secondary N) is 1. The van der Waals surface area contributed by atoms with E-state index < -0.39 is 5.91 Å². The zero-order chi connectivity index (χ0) is 5.70. The van der Waals surface area contributed by atoms with Gasteiger partial charge in [-0.25, -0.2) is 0 Å². The van der Waals surface area contributed by atoms with Crippen LogP contribution in [0.2, 0.25) is 0 Å². The van der Waals surface area contributed by atoms with Crippen molar-refractivity contribution in [2.45, 2.75) is 0 Å². The topological polar surface area (TPSA) is 46.2 Å². The molecule has 0 heterocycles. The molecule has 1 N–H and O–H groups in total. The summed E-state index contributed by atoms with van der Waals surface area (Å²) in [7, 11) is 0. The summed E-state index contributed by atoms with van der Waals surface area (Å²) in [4.78, 5) is 19.1. The van der Waals surface area contributed by atoms with Crippen LogP contribution in [0.5, 0.6) is 0 Å². The van der Waals surface area contributed by atoms with E-state index in [-0.39, 0.29) is 22.4 Å². The van der Waals surface area contributed by atoms with Gasteiger partial charge in [0.1, 0.15) is 0 Å². The molecule has 4 heteroatoms. The Labute approximate surface area is 62.7 Å². The molecule has 0 unspecified atom stereocenters. The molecule has 1 radical (unpaired) electrons. The molecule has 0 fully saturated rings. The minimum absolute atomic E-state index is 0. The van der Waals surface area contributed by atoms with E-state index in [1.807, 2.05) is 0 Å². The van der Waals surface area contributed by atoms with Gasteiger partial charge in [0, 0.05) is 0 Å². The van der Waals surface area contributed by atoms with Crippen LogP contribution in [0.1, 0.15) is 0 Å². The van der Waals surface area contributed by atoms with Gasteiger partial charge in [0.05, 0.1) is 12.3 Å². The molecule has 0 saturated carbocycles. The maximum absolute atomic E-state index is 9.86. The van der Waals surface area contributed by atoms with Crippen molar-refractivity contribution in [3.05, 3.63) is 12.7 Å². The quantitative estimate of drug-likeness (QED) is 0.267. The van der Waals surface area contributed by atoms with Crippen molar-refractivity contribution in [2.75, 3.05) is 0 Å². The number of carbonyl (C=O) groups excluding carboxylic acids is 2. The first-order chi connectivity index (χ1) is 3.31. The van der Waals surface area contributed by atoms with E-state index in [9.17, 15) is 9.59 Å². The second-order valence-electron chi connectivity index (χ2n) is 0.758. The molecule has 0 aliphatic heterocycles. The van der Waals surface area contributed by atoms with Gasteiger partial charge in [0.2, 0.25) is 0 Å². The molecular weight excluding hydrogens is 187 g/mol. The number of amides is 2. The maximum Gasteiger partial charge on any atom is 2.00 e. The fourth-order valence-corrected chi connectivity index (χ4v) is 0.0920. The van der Waals surface area contributed by atoms with Gasteiger partial charge in [0.15, 0.2) is 0 Å². The van der Waals surface area contributed by atoms with Crippen LogP contribution >= 0.6 is 0 Å². The van der Waals surface area contributed by atoms with Crippen LogP contribution in [0.15, 0.2) is 6.08 Å². The van der Waals surface area contributed by atoms with Gasteiger partial charge >= 0.3 is 22.4 Å². The van der Waals surface area contributed by atoms with Crippen LogP contribution in [-0.4, -0.2) is 12.3 Å². The van der Waals surface area contributed by atoms with Gasteiger partial charge < -0.3 is 14.9 Å². The van der Waals surface area contributed by atoms with Crippen LogP contribution in [0.4, 0.5) is 0 Å². The van der Waals surface area contributed by atoms with Gasteiger partial charge in [0.25, 0.3) is 0 Å². The van der Waals surface area contributed by atoms with Gasteiger partial charge in [-0.3, -0.25) is 6.58 Å². The van der Waals surface area contributed by atoms with Crippen molar-refractivity contribution in [1.82, 2.24) is 5.32 Å². The van der Waals surface area contributed by atoms with Crippen molar-refractivity contribution in [2.24, 2.45) is 0 Å². The Morgan fingerprint density at radius 1 is 1.75 bits per heavy atom. The molecule has 0 aliphatic carbocycles. The predicted molar refractivity (Wildman–Crippen MR) is 22.7 cm³/mol. The predicted octanol–water partition coefficient (Wildman–Crippen LogP) is -0.844. The van der Waals surface area contributed by atoms with Crippen molar-refractivity contribution in [1.29, 1.82) is 0 Å². The zero-order valence-electron chi connectivity index (χ0n) is 3.92. The number of rotatable bonds is 2. The molecule has 0 atom stereocenters. The van der Waals surface area contributed by atoms with Crippen molar-refractivity contribution in [3.8, 4) is 0 Å². The molecule has 0 aromatic rings. The van der Waals surface area contributed by atoms with E-state index >= 15 is 0 Å². The molecule has 0 aromatic carbocycles. The minimum Gasteiger partial charge on any atom is -0.460 e. The van der Waals surface area contributed by atoms with E-state index in [0.29, 0.717) is 0 Å². The molecule has 0 saturated heterocycles. The number of hydrogen-bond acceptors (Lipinski definition) is 2. The smallest absolute Gasteiger partial charge is 0.460 e. The third-order valence-corrected chi connectivity index (χ3v) is 0.326. The molecular formula is C4H3NNbO2. The number of imide groups is 1. The van der Waals surface area contributed by atoms with E-state index in [4.69, 9.17) is 0 Å². The largest absolute Gasteiger partial charge is 2.00 e. The van der Waals surface area contributed by atoms with Crippen LogP contribution in [-0.2, 0) is 32.0 Å². The molecule has 0 bridgehead atoms. The molecule has 8 heavy (non-hydrogen) atoms. The summed E-state index contributed by atoms with van der Waals surface area (Å²) in [6, 6.07) is 0. The molecule has 0 aromatic heterocycles. The fraction of sp³-hybridized carbons (Fsp3) is 0. The van der Waals surface area contributed by atoms with Crippen LogP contribution < -0.4 is 5.32 Å². The van der Waals surface area contributed by atoms with Crippen molar-refractivity contribution < 1.29 is 32.0 Å². The van der Waals surface area contributed by atoms with Crippen molar-refractivity contribution >= 4 is 12.3 Å². The zero-order valence-corrected chi connectivity index (χ0v) is 6.12. The van der Waals surface area contributed by atoms with E-state index in [1.165, 1.54) is 0 Å². The van der Waals surface area contributed by atoms with Gasteiger partial charge in [-0.05, 0) is 0 Å². The Morgan fingerprint density at radius 2 is 2.25 bits per heavy atom. The van der Waals surface area contributed by atoms with E-state index in [1.54, 1.807) is 5.32 Å². The first-order valence-corrected chi connectivity index (χ1v) is 1.53. The standard InChI is InChI=1S/C4H3NO2.Nb/c1-2-4(7)5-3-6;/h1-2H,(H,5,6,7);/q-2;+2. The Balaban J connectivity index is 0. The first kappa shape index (κ1) is 10.6. The number of carbonyl (C=O) groups is 1. The SMILES string of the molecule is [CH-]=CC(=O)N[C-]=O.[Nb+2]. The Morgan fingerprint density at radius 3 is 2.38 bits per heavy atom. The first-order valence-electron chi connectivity index (χ1n) is 1.53. The Bertz CT molecular complexity index is 102. The summed E-state index contributed by atoms with van der Waals surface area (Å²) in [5.74, 6) is -0.644. The summed E-state index contributed by atoms with van der Waals surface area (Å²) in [5.41, 5.74) is 0. The maximum atomic E-state index is 9.86. The normalized spacial score (nSPS) is 6.00. The molecule has 0 spiro atoms. The summed E-state index contributed by atoms with van der Waals surface area (Å²) < 4.78 is 0. The average Bonchev–Trinajstić information content (AvgIpc) is 1.68. The second kappa shape index (κ2) is 6.62. The van der Waals surface area contributed by atoms with Gasteiger partial charge in [-0.15, -0.1) is 0 Å². The van der Waals surface area contributed by atoms with Gasteiger partial charge in [-0.2, -0.15) is 6.08 Å². The average molecular weight is 190 g/mol. The van der Waals surface area contributed by atoms with E-state index in [0.717, 1.165) is 12.5 Å². The third-order valence-electron chi connectivity index (χ3n) is 0.326. The fourth-order valence-electron chi connectivity index (χ4n) is 0.0920. The molecule has 2 amide bonds. The van der Waals surface area contributed by atoms with Gasteiger partial charge in [-0.1, -0.05) is 0 Å². The van der Waals surface area contributed by atoms with Crippen LogP contribution in [0.3, 0.4) is 0 Å². The van der Waals surface area contributed by atoms with Crippen molar-refractivity contribution in [3.63, 3.8) is 0 Å². The second-order valence-corrected chi connectivity index (χ2v) is 0.758. The number of hydrogen-bond donors (Lipinski definition) is 1. The Kier molecular flexibility index (Phi) is 8.75. The van der Waals surface area contributed by atoms with Crippen LogP contribution in [0, 0.1) is 6.58 Å². The Hall–Kier alpha value is -0.380. The summed E-state index contributed by atoms with van der Waals surface area (Å²) in [6.45, 7) is 4.64. The molecule has 0 aliphatic rings. The molecule has 3 nitrogen and oxygen atoms in total.